The average molecular weight is 248 g/mol. The summed E-state index contributed by atoms with van der Waals surface area (Å²) in [5, 5.41) is 10.1. The lowest BCUT2D eigenvalue weighted by Gasteiger charge is -2.14. The summed E-state index contributed by atoms with van der Waals surface area (Å²) >= 11 is 0. The van der Waals surface area contributed by atoms with Crippen LogP contribution in [-0.2, 0) is 9.59 Å². The molecule has 0 saturated heterocycles. The fourth-order valence-corrected chi connectivity index (χ4v) is 1.02. The van der Waals surface area contributed by atoms with Gasteiger partial charge in [0.15, 0.2) is 6.04 Å². The third-order valence-electron chi connectivity index (χ3n) is 1.76. The van der Waals surface area contributed by atoms with E-state index in [1.54, 1.807) is 0 Å². The van der Waals surface area contributed by atoms with Gasteiger partial charge in [0.25, 0.3) is 0 Å². The van der Waals surface area contributed by atoms with Crippen LogP contribution in [0.25, 0.3) is 0 Å². The van der Waals surface area contributed by atoms with Gasteiger partial charge in [-0.1, -0.05) is 6.07 Å². The SMILES string of the molecule is O=C(O)C(NC(=O)C(F)(F)F)c1ccccn1. The van der Waals surface area contributed by atoms with Crippen LogP contribution in [0.4, 0.5) is 13.2 Å². The minimum atomic E-state index is -5.14. The minimum Gasteiger partial charge on any atom is -0.479 e. The number of carbonyl (C=O) groups excluding carboxylic acids is 1. The molecule has 0 bridgehead atoms. The van der Waals surface area contributed by atoms with Crippen molar-refractivity contribution in [3.05, 3.63) is 30.1 Å². The number of hydrogen-bond acceptors (Lipinski definition) is 3. The molecule has 17 heavy (non-hydrogen) atoms. The zero-order valence-electron chi connectivity index (χ0n) is 8.23. The minimum absolute atomic E-state index is 0.183. The first-order valence-electron chi connectivity index (χ1n) is 4.34. The highest BCUT2D eigenvalue weighted by molar-refractivity contribution is 5.87. The molecule has 0 aliphatic rings. The van der Waals surface area contributed by atoms with E-state index >= 15 is 0 Å². The number of carbonyl (C=O) groups is 2. The molecule has 2 N–H and O–H groups in total. The van der Waals surface area contributed by atoms with Crippen molar-refractivity contribution in [3.8, 4) is 0 Å². The zero-order valence-corrected chi connectivity index (χ0v) is 8.23. The van der Waals surface area contributed by atoms with E-state index in [4.69, 9.17) is 5.11 Å². The fourth-order valence-electron chi connectivity index (χ4n) is 1.02. The molecule has 0 saturated carbocycles. The number of nitrogens with one attached hydrogen (secondary N) is 1. The summed E-state index contributed by atoms with van der Waals surface area (Å²) in [6.07, 6.45) is -3.92. The molecule has 92 valence electrons. The Morgan fingerprint density at radius 3 is 2.41 bits per heavy atom. The molecule has 0 aliphatic heterocycles. The molecular formula is C9H7F3N2O3. The average Bonchev–Trinajstić information content (AvgIpc) is 2.25. The smallest absolute Gasteiger partial charge is 0.471 e. The van der Waals surface area contributed by atoms with Crippen LogP contribution in [-0.4, -0.2) is 28.1 Å². The summed E-state index contributed by atoms with van der Waals surface area (Å²) in [4.78, 5) is 24.9. The van der Waals surface area contributed by atoms with Crippen LogP contribution < -0.4 is 5.32 Å². The maximum absolute atomic E-state index is 12.0. The number of carboxylic acid groups (broad SMARTS) is 1. The number of aromatic nitrogens is 1. The van der Waals surface area contributed by atoms with Crippen LogP contribution in [0.2, 0.25) is 0 Å². The first-order chi connectivity index (χ1) is 7.82. The summed E-state index contributed by atoms with van der Waals surface area (Å²) in [5.41, 5.74) is -0.183. The number of rotatable bonds is 3. The molecule has 1 atom stereocenters. The molecule has 0 aromatic carbocycles. The van der Waals surface area contributed by atoms with Gasteiger partial charge in [0.2, 0.25) is 0 Å². The molecular weight excluding hydrogens is 241 g/mol. The second-order valence-electron chi connectivity index (χ2n) is 3.00. The predicted octanol–water partition coefficient (Wildman–Crippen LogP) is 0.886. The largest absolute Gasteiger partial charge is 0.479 e. The number of amides is 1. The van der Waals surface area contributed by atoms with Crippen molar-refractivity contribution in [2.24, 2.45) is 0 Å². The first kappa shape index (κ1) is 12.9. The topological polar surface area (TPSA) is 79.3 Å². The van der Waals surface area contributed by atoms with E-state index in [-0.39, 0.29) is 5.69 Å². The van der Waals surface area contributed by atoms with E-state index < -0.39 is 24.1 Å². The van der Waals surface area contributed by atoms with Gasteiger partial charge in [0.05, 0.1) is 5.69 Å². The van der Waals surface area contributed by atoms with Gasteiger partial charge in [0, 0.05) is 6.20 Å². The summed E-state index contributed by atoms with van der Waals surface area (Å²) in [5.74, 6) is -3.95. The van der Waals surface area contributed by atoms with E-state index in [1.807, 2.05) is 0 Å². The summed E-state index contributed by atoms with van der Waals surface area (Å²) in [6, 6.07) is 2.24. The molecule has 1 unspecified atom stereocenters. The Balaban J connectivity index is 2.90. The lowest BCUT2D eigenvalue weighted by atomic mass is 10.2. The Bertz CT molecular complexity index is 419. The molecule has 0 spiro atoms. The van der Waals surface area contributed by atoms with Gasteiger partial charge in [0.1, 0.15) is 0 Å². The first-order valence-corrected chi connectivity index (χ1v) is 4.34. The van der Waals surface area contributed by atoms with Gasteiger partial charge < -0.3 is 10.4 Å². The molecule has 0 aliphatic carbocycles. The summed E-state index contributed by atoms with van der Waals surface area (Å²) in [6.45, 7) is 0. The number of hydrogen-bond donors (Lipinski definition) is 2. The molecule has 1 aromatic heterocycles. The molecule has 1 rings (SSSR count). The van der Waals surface area contributed by atoms with Crippen molar-refractivity contribution in [2.45, 2.75) is 12.2 Å². The standard InChI is InChI=1S/C9H7F3N2O3/c10-9(11,12)8(17)14-6(7(15)16)5-3-1-2-4-13-5/h1-4,6H,(H,14,17)(H,15,16). The number of carboxylic acids is 1. The number of alkyl halides is 3. The van der Waals surface area contributed by atoms with E-state index in [2.05, 4.69) is 4.98 Å². The van der Waals surface area contributed by atoms with Crippen LogP contribution in [0, 0.1) is 0 Å². The lowest BCUT2D eigenvalue weighted by molar-refractivity contribution is -0.175. The van der Waals surface area contributed by atoms with Crippen molar-refractivity contribution in [3.63, 3.8) is 0 Å². The molecule has 5 nitrogen and oxygen atoms in total. The number of nitrogens with zero attached hydrogens (tertiary/aromatic N) is 1. The Kier molecular flexibility index (Phi) is 3.66. The zero-order chi connectivity index (χ0) is 13.1. The van der Waals surface area contributed by atoms with Gasteiger partial charge in [-0.2, -0.15) is 13.2 Å². The quantitative estimate of drug-likeness (QED) is 0.832. The Hall–Kier alpha value is -2.12. The third-order valence-corrected chi connectivity index (χ3v) is 1.76. The van der Waals surface area contributed by atoms with E-state index in [9.17, 15) is 22.8 Å². The van der Waals surface area contributed by atoms with Crippen LogP contribution in [0.5, 0.6) is 0 Å². The number of aliphatic carboxylic acids is 1. The van der Waals surface area contributed by atoms with E-state index in [0.29, 0.717) is 0 Å². The third kappa shape index (κ3) is 3.44. The highest BCUT2D eigenvalue weighted by atomic mass is 19.4. The van der Waals surface area contributed by atoms with Gasteiger partial charge in [-0.15, -0.1) is 0 Å². The Morgan fingerprint density at radius 2 is 2.00 bits per heavy atom. The van der Waals surface area contributed by atoms with Gasteiger partial charge in [-0.05, 0) is 12.1 Å². The van der Waals surface area contributed by atoms with Gasteiger partial charge in [-0.3, -0.25) is 9.78 Å². The van der Waals surface area contributed by atoms with Crippen LogP contribution in [0.3, 0.4) is 0 Å². The van der Waals surface area contributed by atoms with Gasteiger partial charge in [-0.25, -0.2) is 4.79 Å². The van der Waals surface area contributed by atoms with Crippen molar-refractivity contribution in [1.82, 2.24) is 10.3 Å². The molecule has 8 heteroatoms. The molecule has 1 amide bonds. The number of pyridine rings is 1. The monoisotopic (exact) mass is 248 g/mol. The Labute approximate surface area is 93.3 Å². The molecule has 0 fully saturated rings. The normalized spacial score (nSPS) is 12.9. The summed E-state index contributed by atoms with van der Waals surface area (Å²) in [7, 11) is 0. The van der Waals surface area contributed by atoms with E-state index in [1.165, 1.54) is 29.7 Å². The highest BCUT2D eigenvalue weighted by Gasteiger charge is 2.41. The second-order valence-corrected chi connectivity index (χ2v) is 3.00. The van der Waals surface area contributed by atoms with Crippen molar-refractivity contribution in [2.75, 3.05) is 0 Å². The van der Waals surface area contributed by atoms with Crippen molar-refractivity contribution < 1.29 is 27.9 Å². The van der Waals surface area contributed by atoms with Crippen molar-refractivity contribution in [1.29, 1.82) is 0 Å². The van der Waals surface area contributed by atoms with Crippen molar-refractivity contribution >= 4 is 11.9 Å². The predicted molar refractivity (Wildman–Crippen MR) is 48.8 cm³/mol. The summed E-state index contributed by atoms with van der Waals surface area (Å²) < 4.78 is 35.9. The molecule has 1 heterocycles. The van der Waals surface area contributed by atoms with E-state index in [0.717, 1.165) is 0 Å². The van der Waals surface area contributed by atoms with Crippen LogP contribution in [0.15, 0.2) is 24.4 Å². The maximum Gasteiger partial charge on any atom is 0.471 e. The molecule has 0 radical (unpaired) electrons. The fraction of sp³-hybridized carbons (Fsp3) is 0.222. The van der Waals surface area contributed by atoms with Gasteiger partial charge >= 0.3 is 18.1 Å². The molecule has 1 aromatic rings. The Morgan fingerprint density at radius 1 is 1.35 bits per heavy atom. The lowest BCUT2D eigenvalue weighted by Crippen LogP contribution is -2.42. The van der Waals surface area contributed by atoms with Crippen LogP contribution in [0.1, 0.15) is 11.7 Å². The number of halogens is 3. The highest BCUT2D eigenvalue weighted by Crippen LogP contribution is 2.17. The maximum atomic E-state index is 12.0. The van der Waals surface area contributed by atoms with Crippen LogP contribution >= 0.6 is 0 Å². The second kappa shape index (κ2) is 4.81.